The summed E-state index contributed by atoms with van der Waals surface area (Å²) < 4.78 is 5.91. The third-order valence-electron chi connectivity index (χ3n) is 5.35. The maximum Gasteiger partial charge on any atom is 0.292 e. The quantitative estimate of drug-likeness (QED) is 0.619. The monoisotopic (exact) mass is 416 g/mol. The first kappa shape index (κ1) is 20.5. The standard InChI is InChI=1S/C24H24N4O3/c1-14-7-4-9-17(13-14)23(29)28-27-18-10-5-11-19-20(18)16(3)21(31-19)24(30)26-22-15(2)8-6-12-25-22/h4,6-9,12-13H,5,10-11H2,1-3H3,(H,28,29)(H,25,26,30)/b27-18+. The van der Waals surface area contributed by atoms with Crippen LogP contribution in [0, 0.1) is 20.8 Å². The molecule has 0 saturated heterocycles. The predicted molar refractivity (Wildman–Crippen MR) is 118 cm³/mol. The fourth-order valence-corrected chi connectivity index (χ4v) is 3.75. The van der Waals surface area contributed by atoms with Gasteiger partial charge < -0.3 is 9.73 Å². The molecule has 1 aromatic carbocycles. The zero-order valence-electron chi connectivity index (χ0n) is 17.8. The van der Waals surface area contributed by atoms with E-state index in [4.69, 9.17) is 4.42 Å². The van der Waals surface area contributed by atoms with Crippen molar-refractivity contribution in [1.29, 1.82) is 0 Å². The number of furan rings is 1. The number of aryl methyl sites for hydroxylation is 3. The zero-order chi connectivity index (χ0) is 22.0. The number of carbonyl (C=O) groups excluding carboxylic acids is 2. The largest absolute Gasteiger partial charge is 0.455 e. The van der Waals surface area contributed by atoms with Gasteiger partial charge in [0.05, 0.1) is 5.71 Å². The van der Waals surface area contributed by atoms with Crippen molar-refractivity contribution in [2.24, 2.45) is 5.10 Å². The molecule has 0 saturated carbocycles. The second kappa shape index (κ2) is 8.55. The third kappa shape index (κ3) is 4.26. The van der Waals surface area contributed by atoms with Crippen LogP contribution >= 0.6 is 0 Å². The fraction of sp³-hybridized carbons (Fsp3) is 0.250. The summed E-state index contributed by atoms with van der Waals surface area (Å²) in [6.07, 6.45) is 3.88. The van der Waals surface area contributed by atoms with Crippen LogP contribution in [0.3, 0.4) is 0 Å². The van der Waals surface area contributed by atoms with Crippen LogP contribution in [0.25, 0.3) is 0 Å². The molecule has 0 radical (unpaired) electrons. The lowest BCUT2D eigenvalue weighted by Gasteiger charge is -2.13. The highest BCUT2D eigenvalue weighted by Gasteiger charge is 2.28. The molecule has 7 nitrogen and oxygen atoms in total. The van der Waals surface area contributed by atoms with E-state index < -0.39 is 0 Å². The van der Waals surface area contributed by atoms with Gasteiger partial charge in [0.1, 0.15) is 11.6 Å². The molecule has 158 valence electrons. The van der Waals surface area contributed by atoms with Gasteiger partial charge in [0, 0.05) is 29.3 Å². The number of hydrazone groups is 1. The van der Waals surface area contributed by atoms with E-state index in [9.17, 15) is 9.59 Å². The third-order valence-corrected chi connectivity index (χ3v) is 5.35. The van der Waals surface area contributed by atoms with Crippen LogP contribution in [-0.4, -0.2) is 22.5 Å². The van der Waals surface area contributed by atoms with Crippen LogP contribution in [0.15, 0.2) is 52.1 Å². The van der Waals surface area contributed by atoms with Gasteiger partial charge in [-0.05, 0) is 57.4 Å². The number of carbonyl (C=O) groups is 2. The van der Waals surface area contributed by atoms with Crippen LogP contribution in [-0.2, 0) is 6.42 Å². The van der Waals surface area contributed by atoms with Crippen molar-refractivity contribution < 1.29 is 14.0 Å². The van der Waals surface area contributed by atoms with Crippen LogP contribution in [0.1, 0.15) is 61.8 Å². The Morgan fingerprint density at radius 1 is 1.06 bits per heavy atom. The SMILES string of the molecule is Cc1cccc(C(=O)N/N=C2\CCCc3oc(C(=O)Nc4ncccc4C)c(C)c32)c1. The van der Waals surface area contributed by atoms with Crippen molar-refractivity contribution in [2.75, 3.05) is 5.32 Å². The highest BCUT2D eigenvalue weighted by molar-refractivity contribution is 6.09. The molecule has 2 aromatic heterocycles. The molecule has 3 aromatic rings. The number of nitrogens with one attached hydrogen (secondary N) is 2. The molecule has 0 unspecified atom stereocenters. The molecule has 0 atom stereocenters. The second-order valence-corrected chi connectivity index (χ2v) is 7.70. The molecule has 7 heteroatoms. The average molecular weight is 416 g/mol. The number of amides is 2. The first-order valence-corrected chi connectivity index (χ1v) is 10.2. The van der Waals surface area contributed by atoms with E-state index in [1.165, 1.54) is 0 Å². The second-order valence-electron chi connectivity index (χ2n) is 7.70. The summed E-state index contributed by atoms with van der Waals surface area (Å²) >= 11 is 0. The lowest BCUT2D eigenvalue weighted by Crippen LogP contribution is -2.22. The Morgan fingerprint density at radius 3 is 2.68 bits per heavy atom. The lowest BCUT2D eigenvalue weighted by molar-refractivity contribution is 0.0953. The van der Waals surface area contributed by atoms with E-state index in [1.54, 1.807) is 12.3 Å². The maximum absolute atomic E-state index is 12.8. The Hall–Kier alpha value is -3.74. The molecule has 2 heterocycles. The molecule has 0 fully saturated rings. The van der Waals surface area contributed by atoms with Gasteiger partial charge in [0.15, 0.2) is 5.76 Å². The summed E-state index contributed by atoms with van der Waals surface area (Å²) in [5.74, 6) is 0.843. The minimum absolute atomic E-state index is 0.245. The number of fused-ring (bicyclic) bond motifs is 1. The minimum atomic E-state index is -0.350. The van der Waals surface area contributed by atoms with E-state index in [1.807, 2.05) is 51.1 Å². The van der Waals surface area contributed by atoms with Crippen molar-refractivity contribution in [2.45, 2.75) is 40.0 Å². The van der Waals surface area contributed by atoms with E-state index in [2.05, 4.69) is 20.8 Å². The molecule has 0 spiro atoms. The van der Waals surface area contributed by atoms with Crippen LogP contribution < -0.4 is 10.7 Å². The number of anilines is 1. The Labute approximate surface area is 180 Å². The molecular weight excluding hydrogens is 392 g/mol. The number of aromatic nitrogens is 1. The van der Waals surface area contributed by atoms with Gasteiger partial charge in [-0.1, -0.05) is 23.8 Å². The summed E-state index contributed by atoms with van der Waals surface area (Å²) in [6, 6.07) is 11.0. The number of rotatable bonds is 4. The van der Waals surface area contributed by atoms with Crippen molar-refractivity contribution in [1.82, 2.24) is 10.4 Å². The molecule has 1 aliphatic carbocycles. The number of benzene rings is 1. The van der Waals surface area contributed by atoms with Gasteiger partial charge >= 0.3 is 0 Å². The summed E-state index contributed by atoms with van der Waals surface area (Å²) in [5.41, 5.74) is 7.30. The predicted octanol–water partition coefficient (Wildman–Crippen LogP) is 4.32. The normalized spacial score (nSPS) is 14.2. The highest BCUT2D eigenvalue weighted by atomic mass is 16.4. The summed E-state index contributed by atoms with van der Waals surface area (Å²) in [5, 5.41) is 7.19. The Balaban J connectivity index is 1.58. The highest BCUT2D eigenvalue weighted by Crippen LogP contribution is 2.30. The van der Waals surface area contributed by atoms with Crippen LogP contribution in [0.4, 0.5) is 5.82 Å². The molecular formula is C24H24N4O3. The van der Waals surface area contributed by atoms with Gasteiger partial charge in [0.2, 0.25) is 0 Å². The number of hydrogen-bond donors (Lipinski definition) is 2. The van der Waals surface area contributed by atoms with Gasteiger partial charge in [-0.2, -0.15) is 5.10 Å². The topological polar surface area (TPSA) is 96.6 Å². The molecule has 0 aliphatic heterocycles. The molecule has 4 rings (SSSR count). The van der Waals surface area contributed by atoms with Crippen LogP contribution in [0.2, 0.25) is 0 Å². The average Bonchev–Trinajstić information content (AvgIpc) is 3.11. The molecule has 2 N–H and O–H groups in total. The summed E-state index contributed by atoms with van der Waals surface area (Å²) in [7, 11) is 0. The van der Waals surface area contributed by atoms with Gasteiger partial charge in [-0.3, -0.25) is 9.59 Å². The lowest BCUT2D eigenvalue weighted by atomic mass is 9.93. The Bertz CT molecular complexity index is 1190. The summed E-state index contributed by atoms with van der Waals surface area (Å²) in [6.45, 7) is 5.65. The van der Waals surface area contributed by atoms with Crippen molar-refractivity contribution >= 4 is 23.3 Å². The van der Waals surface area contributed by atoms with Gasteiger partial charge in [-0.25, -0.2) is 10.4 Å². The van der Waals surface area contributed by atoms with Crippen LogP contribution in [0.5, 0.6) is 0 Å². The Morgan fingerprint density at radius 2 is 1.90 bits per heavy atom. The Kier molecular flexibility index (Phi) is 5.66. The number of nitrogens with zero attached hydrogens (tertiary/aromatic N) is 2. The molecule has 0 bridgehead atoms. The maximum atomic E-state index is 12.8. The van der Waals surface area contributed by atoms with E-state index >= 15 is 0 Å². The first-order valence-electron chi connectivity index (χ1n) is 10.2. The molecule has 2 amide bonds. The molecule has 31 heavy (non-hydrogen) atoms. The molecule has 1 aliphatic rings. The zero-order valence-corrected chi connectivity index (χ0v) is 17.8. The first-order chi connectivity index (χ1) is 14.9. The van der Waals surface area contributed by atoms with Crippen molar-refractivity contribution in [3.8, 4) is 0 Å². The van der Waals surface area contributed by atoms with Crippen molar-refractivity contribution in [3.63, 3.8) is 0 Å². The fourth-order valence-electron chi connectivity index (χ4n) is 3.75. The van der Waals surface area contributed by atoms with Gasteiger partial charge in [-0.15, -0.1) is 0 Å². The summed E-state index contributed by atoms with van der Waals surface area (Å²) in [4.78, 5) is 29.5. The smallest absolute Gasteiger partial charge is 0.292 e. The van der Waals surface area contributed by atoms with Crippen molar-refractivity contribution in [3.05, 3.63) is 81.9 Å². The minimum Gasteiger partial charge on any atom is -0.455 e. The van der Waals surface area contributed by atoms with E-state index in [-0.39, 0.29) is 17.6 Å². The van der Waals surface area contributed by atoms with E-state index in [0.29, 0.717) is 23.4 Å². The number of pyridine rings is 1. The van der Waals surface area contributed by atoms with Gasteiger partial charge in [0.25, 0.3) is 11.8 Å². The van der Waals surface area contributed by atoms with E-state index in [0.717, 1.165) is 41.0 Å². The number of hydrogen-bond acceptors (Lipinski definition) is 5.